The zero-order valence-electron chi connectivity index (χ0n) is 11.8. The highest BCUT2D eigenvalue weighted by atomic mass is 15.3. The third kappa shape index (κ3) is 2.32. The van der Waals surface area contributed by atoms with E-state index < -0.39 is 0 Å². The Labute approximate surface area is 118 Å². The Kier molecular flexibility index (Phi) is 3.28. The Morgan fingerprint density at radius 2 is 2.10 bits per heavy atom. The summed E-state index contributed by atoms with van der Waals surface area (Å²) in [5.41, 5.74) is 5.20. The number of nitrogens with two attached hydrogens (primary N) is 1. The summed E-state index contributed by atoms with van der Waals surface area (Å²) in [7, 11) is 0. The SMILES string of the molecule is Cc1nc(NN)cc(N2CC(C)Cc3ccccc32)n1. The van der Waals surface area contributed by atoms with Gasteiger partial charge in [0.15, 0.2) is 0 Å². The van der Waals surface area contributed by atoms with Crippen molar-refractivity contribution in [1.29, 1.82) is 0 Å². The third-order valence-corrected chi connectivity index (χ3v) is 3.59. The molecule has 1 aliphatic rings. The van der Waals surface area contributed by atoms with Crippen molar-refractivity contribution in [3.8, 4) is 0 Å². The molecular weight excluding hydrogens is 250 g/mol. The average Bonchev–Trinajstić information content (AvgIpc) is 2.45. The van der Waals surface area contributed by atoms with E-state index in [0.29, 0.717) is 17.6 Å². The first-order valence-corrected chi connectivity index (χ1v) is 6.85. The van der Waals surface area contributed by atoms with Gasteiger partial charge in [-0.2, -0.15) is 0 Å². The summed E-state index contributed by atoms with van der Waals surface area (Å²) in [4.78, 5) is 11.1. The molecule has 0 bridgehead atoms. The first kappa shape index (κ1) is 12.9. The topological polar surface area (TPSA) is 67.1 Å². The molecule has 0 fully saturated rings. The van der Waals surface area contributed by atoms with Crippen LogP contribution in [0.25, 0.3) is 0 Å². The Hall–Kier alpha value is -2.14. The number of hydrogen-bond donors (Lipinski definition) is 2. The number of rotatable bonds is 2. The minimum Gasteiger partial charge on any atom is -0.326 e. The van der Waals surface area contributed by atoms with Crippen molar-refractivity contribution < 1.29 is 0 Å². The zero-order chi connectivity index (χ0) is 14.1. The first-order valence-electron chi connectivity index (χ1n) is 6.85. The zero-order valence-corrected chi connectivity index (χ0v) is 11.8. The highest BCUT2D eigenvalue weighted by Gasteiger charge is 2.23. The van der Waals surface area contributed by atoms with Crippen LogP contribution in [0.15, 0.2) is 30.3 Å². The Balaban J connectivity index is 2.08. The van der Waals surface area contributed by atoms with Gasteiger partial charge < -0.3 is 10.3 Å². The number of benzene rings is 1. The standard InChI is InChI=1S/C15H19N5/c1-10-7-12-5-3-4-6-13(12)20(9-10)15-8-14(19-16)17-11(2)18-15/h3-6,8,10H,7,9,16H2,1-2H3,(H,17,18,19). The van der Waals surface area contributed by atoms with Crippen molar-refractivity contribution in [3.05, 3.63) is 41.7 Å². The number of nitrogens with one attached hydrogen (secondary N) is 1. The molecule has 1 aromatic heterocycles. The fourth-order valence-electron chi connectivity index (χ4n) is 2.78. The summed E-state index contributed by atoms with van der Waals surface area (Å²) in [6.45, 7) is 5.10. The maximum Gasteiger partial charge on any atom is 0.145 e. The fourth-order valence-corrected chi connectivity index (χ4v) is 2.78. The van der Waals surface area contributed by atoms with Crippen molar-refractivity contribution in [2.75, 3.05) is 16.9 Å². The van der Waals surface area contributed by atoms with Crippen LogP contribution >= 0.6 is 0 Å². The molecule has 0 amide bonds. The number of fused-ring (bicyclic) bond motifs is 1. The molecule has 0 saturated heterocycles. The van der Waals surface area contributed by atoms with Gasteiger partial charge >= 0.3 is 0 Å². The van der Waals surface area contributed by atoms with Crippen molar-refractivity contribution in [1.82, 2.24) is 9.97 Å². The Morgan fingerprint density at radius 3 is 2.90 bits per heavy atom. The second-order valence-electron chi connectivity index (χ2n) is 5.35. The summed E-state index contributed by atoms with van der Waals surface area (Å²) in [6.07, 6.45) is 1.11. The summed E-state index contributed by atoms with van der Waals surface area (Å²) < 4.78 is 0. The van der Waals surface area contributed by atoms with E-state index in [0.717, 1.165) is 18.8 Å². The van der Waals surface area contributed by atoms with Crippen LogP contribution in [0.4, 0.5) is 17.3 Å². The molecule has 3 N–H and O–H groups in total. The maximum absolute atomic E-state index is 5.48. The van der Waals surface area contributed by atoms with Crippen molar-refractivity contribution in [2.24, 2.45) is 11.8 Å². The van der Waals surface area contributed by atoms with E-state index in [2.05, 4.69) is 51.5 Å². The van der Waals surface area contributed by atoms with Crippen LogP contribution in [0.5, 0.6) is 0 Å². The van der Waals surface area contributed by atoms with Gasteiger partial charge in [0, 0.05) is 18.3 Å². The lowest BCUT2D eigenvalue weighted by Gasteiger charge is -2.34. The van der Waals surface area contributed by atoms with E-state index in [-0.39, 0.29) is 0 Å². The molecule has 0 radical (unpaired) electrons. The molecule has 0 aliphatic carbocycles. The van der Waals surface area contributed by atoms with Crippen LogP contribution in [0.2, 0.25) is 0 Å². The van der Waals surface area contributed by atoms with Crippen LogP contribution in [0.1, 0.15) is 18.3 Å². The number of hydrogen-bond acceptors (Lipinski definition) is 5. The van der Waals surface area contributed by atoms with Gasteiger partial charge in [0.25, 0.3) is 0 Å². The summed E-state index contributed by atoms with van der Waals surface area (Å²) >= 11 is 0. The van der Waals surface area contributed by atoms with Crippen LogP contribution < -0.4 is 16.2 Å². The van der Waals surface area contributed by atoms with Gasteiger partial charge in [-0.1, -0.05) is 25.1 Å². The molecule has 5 heteroatoms. The van der Waals surface area contributed by atoms with E-state index in [1.165, 1.54) is 11.3 Å². The number of nitrogens with zero attached hydrogens (tertiary/aromatic N) is 3. The molecule has 1 aliphatic heterocycles. The van der Waals surface area contributed by atoms with Gasteiger partial charge in [-0.25, -0.2) is 15.8 Å². The van der Waals surface area contributed by atoms with Crippen LogP contribution in [0, 0.1) is 12.8 Å². The van der Waals surface area contributed by atoms with E-state index in [1.807, 2.05) is 13.0 Å². The van der Waals surface area contributed by atoms with Crippen LogP contribution in [-0.4, -0.2) is 16.5 Å². The van der Waals surface area contributed by atoms with Crippen molar-refractivity contribution in [3.63, 3.8) is 0 Å². The molecule has 2 aromatic rings. The predicted molar refractivity (Wildman–Crippen MR) is 80.9 cm³/mol. The lowest BCUT2D eigenvalue weighted by molar-refractivity contribution is 0.559. The first-order chi connectivity index (χ1) is 9.67. The number of anilines is 3. The highest BCUT2D eigenvalue weighted by Crippen LogP contribution is 2.34. The Bertz CT molecular complexity index is 625. The van der Waals surface area contributed by atoms with Crippen molar-refractivity contribution in [2.45, 2.75) is 20.3 Å². The number of hydrazine groups is 1. The monoisotopic (exact) mass is 269 g/mol. The van der Waals surface area contributed by atoms with E-state index in [1.54, 1.807) is 0 Å². The molecule has 20 heavy (non-hydrogen) atoms. The van der Waals surface area contributed by atoms with Gasteiger partial charge in [0.2, 0.25) is 0 Å². The second-order valence-corrected chi connectivity index (χ2v) is 5.35. The number of aromatic nitrogens is 2. The maximum atomic E-state index is 5.48. The minimum absolute atomic E-state index is 0.592. The molecule has 104 valence electrons. The minimum atomic E-state index is 0.592. The highest BCUT2D eigenvalue weighted by molar-refractivity contribution is 5.67. The molecule has 5 nitrogen and oxygen atoms in total. The molecular formula is C15H19N5. The van der Waals surface area contributed by atoms with Gasteiger partial charge in [0.1, 0.15) is 17.5 Å². The average molecular weight is 269 g/mol. The second kappa shape index (κ2) is 5.09. The predicted octanol–water partition coefficient (Wildman–Crippen LogP) is 2.40. The Morgan fingerprint density at radius 1 is 1.30 bits per heavy atom. The fraction of sp³-hybridized carbons (Fsp3) is 0.333. The van der Waals surface area contributed by atoms with E-state index in [4.69, 9.17) is 5.84 Å². The number of para-hydroxylation sites is 1. The lowest BCUT2D eigenvalue weighted by atomic mass is 9.94. The third-order valence-electron chi connectivity index (χ3n) is 3.59. The normalized spacial score (nSPS) is 17.8. The van der Waals surface area contributed by atoms with Gasteiger partial charge in [-0.15, -0.1) is 0 Å². The number of nitrogen functional groups attached to an aromatic ring is 1. The summed E-state index contributed by atoms with van der Waals surface area (Å²) in [5, 5.41) is 0. The molecule has 1 unspecified atom stereocenters. The number of aryl methyl sites for hydroxylation is 1. The van der Waals surface area contributed by atoms with Crippen LogP contribution in [0.3, 0.4) is 0 Å². The summed E-state index contributed by atoms with van der Waals surface area (Å²) in [5.74, 6) is 8.32. The molecule has 3 rings (SSSR count). The lowest BCUT2D eigenvalue weighted by Crippen LogP contribution is -2.31. The molecule has 1 aromatic carbocycles. The van der Waals surface area contributed by atoms with Gasteiger partial charge in [-0.3, -0.25) is 0 Å². The molecule has 1 atom stereocenters. The smallest absolute Gasteiger partial charge is 0.145 e. The van der Waals surface area contributed by atoms with E-state index >= 15 is 0 Å². The molecule has 0 saturated carbocycles. The quantitative estimate of drug-likeness (QED) is 0.647. The largest absolute Gasteiger partial charge is 0.326 e. The van der Waals surface area contributed by atoms with Gasteiger partial charge in [-0.05, 0) is 30.9 Å². The molecule has 0 spiro atoms. The molecule has 2 heterocycles. The van der Waals surface area contributed by atoms with E-state index in [9.17, 15) is 0 Å². The van der Waals surface area contributed by atoms with Crippen LogP contribution in [-0.2, 0) is 6.42 Å². The van der Waals surface area contributed by atoms with Crippen molar-refractivity contribution >= 4 is 17.3 Å². The van der Waals surface area contributed by atoms with Gasteiger partial charge in [0.05, 0.1) is 0 Å². The summed E-state index contributed by atoms with van der Waals surface area (Å²) in [6, 6.07) is 10.4.